The summed E-state index contributed by atoms with van der Waals surface area (Å²) in [5.74, 6) is -1.87. The fourth-order valence-corrected chi connectivity index (χ4v) is 8.18. The molecule has 9 heteroatoms. The molecule has 2 aliphatic carbocycles. The van der Waals surface area contributed by atoms with Gasteiger partial charge in [-0.2, -0.15) is 0 Å². The highest BCUT2D eigenvalue weighted by atomic mass is 35.5. The summed E-state index contributed by atoms with van der Waals surface area (Å²) in [6.07, 6.45) is 12.5. The Labute approximate surface area is 233 Å². The second-order valence-electron chi connectivity index (χ2n) is 11.8. The maximum atomic E-state index is 14.3. The van der Waals surface area contributed by atoms with Crippen molar-refractivity contribution in [2.75, 3.05) is 5.32 Å². The average Bonchev–Trinajstić information content (AvgIpc) is 3.52. The van der Waals surface area contributed by atoms with Gasteiger partial charge in [-0.25, -0.2) is 0 Å². The van der Waals surface area contributed by atoms with Gasteiger partial charge in [0.15, 0.2) is 0 Å². The molecule has 2 saturated carbocycles. The van der Waals surface area contributed by atoms with Gasteiger partial charge in [-0.05, 0) is 49.8 Å². The van der Waals surface area contributed by atoms with E-state index in [1.54, 1.807) is 18.2 Å². The molecule has 1 aromatic carbocycles. The number of hydrogen-bond acceptors (Lipinski definition) is 4. The molecule has 3 heterocycles. The van der Waals surface area contributed by atoms with Gasteiger partial charge >= 0.3 is 0 Å². The van der Waals surface area contributed by atoms with Crippen molar-refractivity contribution in [1.29, 1.82) is 0 Å². The fraction of sp³-hybridized carbons (Fsp3) is 0.621. The first kappa shape index (κ1) is 26.1. The highest BCUT2D eigenvalue weighted by Crippen LogP contribution is 2.56. The van der Waals surface area contributed by atoms with E-state index in [1.165, 1.54) is 6.42 Å². The smallest absolute Gasteiger partial charge is 0.246 e. The van der Waals surface area contributed by atoms with Gasteiger partial charge in [0.1, 0.15) is 11.6 Å². The Balaban J connectivity index is 1.33. The first-order chi connectivity index (χ1) is 18.3. The monoisotopic (exact) mass is 559 g/mol. The van der Waals surface area contributed by atoms with E-state index in [9.17, 15) is 14.4 Å². The van der Waals surface area contributed by atoms with E-state index < -0.39 is 29.6 Å². The number of carbonyl (C=O) groups is 3. The first-order valence-corrected chi connectivity index (χ1v) is 14.8. The number of rotatable bonds is 5. The Bertz CT molecular complexity index is 1150. The normalized spacial score (nSPS) is 36.4. The molecule has 2 bridgehead atoms. The average molecular weight is 561 g/mol. The summed E-state index contributed by atoms with van der Waals surface area (Å²) < 4.78 is 6.51. The molecule has 1 spiro atoms. The van der Waals surface area contributed by atoms with E-state index in [1.807, 2.05) is 17.1 Å². The van der Waals surface area contributed by atoms with Gasteiger partial charge in [0.25, 0.3) is 0 Å². The lowest BCUT2D eigenvalue weighted by Crippen LogP contribution is -2.59. The van der Waals surface area contributed by atoms with Gasteiger partial charge in [0.2, 0.25) is 17.7 Å². The quantitative estimate of drug-likeness (QED) is 0.490. The Morgan fingerprint density at radius 3 is 2.37 bits per heavy atom. The molecule has 204 valence electrons. The topological polar surface area (TPSA) is 87.7 Å². The van der Waals surface area contributed by atoms with Crippen LogP contribution in [-0.4, -0.2) is 52.5 Å². The van der Waals surface area contributed by atoms with E-state index in [0.717, 1.165) is 51.4 Å². The molecule has 5 aliphatic rings. The molecule has 0 unspecified atom stereocenters. The summed E-state index contributed by atoms with van der Waals surface area (Å²) in [6, 6.07) is 4.12. The largest absolute Gasteiger partial charge is 0.359 e. The number of anilines is 1. The molecule has 7 nitrogen and oxygen atoms in total. The van der Waals surface area contributed by atoms with Crippen molar-refractivity contribution in [3.63, 3.8) is 0 Å². The van der Waals surface area contributed by atoms with Gasteiger partial charge in [0.05, 0.1) is 17.9 Å². The third-order valence-corrected chi connectivity index (χ3v) is 9.80. The number of benzene rings is 1. The lowest BCUT2D eigenvalue weighted by atomic mass is 9.74. The highest BCUT2D eigenvalue weighted by molar-refractivity contribution is 6.35. The number of likely N-dealkylation sites (tertiary alicyclic amines) is 1. The Morgan fingerprint density at radius 2 is 1.66 bits per heavy atom. The maximum absolute atomic E-state index is 14.3. The van der Waals surface area contributed by atoms with Crippen LogP contribution in [0.5, 0.6) is 0 Å². The number of carbonyl (C=O) groups excluding carboxylic acids is 3. The van der Waals surface area contributed by atoms with E-state index in [0.29, 0.717) is 15.7 Å². The molecule has 2 saturated heterocycles. The molecular weight excluding hydrogens is 525 g/mol. The summed E-state index contributed by atoms with van der Waals surface area (Å²) in [6.45, 7) is 2.17. The molecule has 7 atom stereocenters. The zero-order chi connectivity index (χ0) is 26.6. The van der Waals surface area contributed by atoms with Gasteiger partial charge in [-0.15, -0.1) is 0 Å². The predicted molar refractivity (Wildman–Crippen MR) is 146 cm³/mol. The van der Waals surface area contributed by atoms with Gasteiger partial charge in [-0.3, -0.25) is 14.4 Å². The number of nitrogens with one attached hydrogen (secondary N) is 2. The van der Waals surface area contributed by atoms with Crippen molar-refractivity contribution in [2.45, 2.75) is 94.5 Å². The van der Waals surface area contributed by atoms with Crippen LogP contribution in [-0.2, 0) is 19.1 Å². The second-order valence-corrected chi connectivity index (χ2v) is 12.6. The van der Waals surface area contributed by atoms with E-state index in [4.69, 9.17) is 27.9 Å². The number of amides is 3. The number of halogens is 2. The molecule has 3 aliphatic heterocycles. The van der Waals surface area contributed by atoms with Crippen LogP contribution in [0.15, 0.2) is 30.4 Å². The molecule has 2 N–H and O–H groups in total. The third-order valence-electron chi connectivity index (χ3n) is 9.37. The second kappa shape index (κ2) is 10.1. The van der Waals surface area contributed by atoms with E-state index in [-0.39, 0.29) is 35.7 Å². The van der Waals surface area contributed by atoms with Gasteiger partial charge in [0, 0.05) is 27.8 Å². The lowest BCUT2D eigenvalue weighted by molar-refractivity contribution is -0.146. The van der Waals surface area contributed by atoms with Crippen LogP contribution < -0.4 is 10.6 Å². The molecular formula is C29H35Cl2N3O4. The summed E-state index contributed by atoms with van der Waals surface area (Å²) in [5, 5.41) is 6.99. The van der Waals surface area contributed by atoms with Crippen LogP contribution >= 0.6 is 23.2 Å². The maximum Gasteiger partial charge on any atom is 0.246 e. The van der Waals surface area contributed by atoms with Gasteiger partial charge < -0.3 is 20.3 Å². The van der Waals surface area contributed by atoms with Crippen LogP contribution in [0.3, 0.4) is 0 Å². The first-order valence-electron chi connectivity index (χ1n) is 14.0. The van der Waals surface area contributed by atoms with Crippen molar-refractivity contribution in [2.24, 2.45) is 17.8 Å². The molecule has 3 amide bonds. The van der Waals surface area contributed by atoms with Crippen LogP contribution in [0.25, 0.3) is 0 Å². The van der Waals surface area contributed by atoms with Crippen LogP contribution in [0.4, 0.5) is 5.69 Å². The number of hydrogen-bond donors (Lipinski definition) is 2. The molecule has 6 rings (SSSR count). The van der Waals surface area contributed by atoms with Crippen molar-refractivity contribution in [3.05, 3.63) is 40.4 Å². The zero-order valence-corrected chi connectivity index (χ0v) is 23.1. The Morgan fingerprint density at radius 1 is 0.974 bits per heavy atom. The minimum atomic E-state index is -1.15. The Hall–Kier alpha value is -2.09. The van der Waals surface area contributed by atoms with Gasteiger partial charge in [-0.1, -0.05) is 74.4 Å². The highest BCUT2D eigenvalue weighted by Gasteiger charge is 2.73. The Kier molecular flexibility index (Phi) is 6.98. The number of nitrogens with zero attached hydrogens (tertiary/aromatic N) is 1. The molecule has 0 aromatic heterocycles. The van der Waals surface area contributed by atoms with Crippen molar-refractivity contribution in [3.8, 4) is 0 Å². The van der Waals surface area contributed by atoms with Crippen molar-refractivity contribution >= 4 is 46.6 Å². The summed E-state index contributed by atoms with van der Waals surface area (Å²) in [4.78, 5) is 43.8. The minimum Gasteiger partial charge on any atom is -0.359 e. The van der Waals surface area contributed by atoms with Crippen molar-refractivity contribution in [1.82, 2.24) is 10.2 Å². The van der Waals surface area contributed by atoms with E-state index >= 15 is 0 Å². The van der Waals surface area contributed by atoms with Crippen LogP contribution in [0.2, 0.25) is 10.0 Å². The van der Waals surface area contributed by atoms with Crippen LogP contribution in [0, 0.1) is 17.8 Å². The number of ether oxygens (including phenoxy) is 1. The standard InChI is InChI=1S/C29H35Cl2N3O4/c1-16-7-5-6-10-21(16)34-25(27(36)32-19-8-3-2-4-9-19)29-12-11-22(38-29)23(24(29)28(34)37)26(35)33-20-14-17(30)13-18(31)15-20/h11-16,19,21-25H,2-10H2,1H3,(H,32,36)(H,33,35)/t16-,21+,22+,23+,24+,25+,29+/m1/s1. The zero-order valence-electron chi connectivity index (χ0n) is 21.6. The fourth-order valence-electron chi connectivity index (χ4n) is 7.65. The lowest BCUT2D eigenvalue weighted by Gasteiger charge is -2.42. The minimum absolute atomic E-state index is 0.0511. The molecule has 4 fully saturated rings. The number of fused-ring (bicyclic) bond motifs is 1. The molecule has 0 radical (unpaired) electrons. The van der Waals surface area contributed by atoms with Crippen LogP contribution in [0.1, 0.15) is 64.7 Å². The SMILES string of the molecule is C[C@@H]1CCCC[C@@H]1N1C(=O)[C@@H]2[C@@H](C(=O)Nc3cc(Cl)cc(Cl)c3)[C@@H]3C=C[C@@]2(O3)[C@@H]1C(=O)NC1CCCCC1. The predicted octanol–water partition coefficient (Wildman–Crippen LogP) is 5.11. The molecule has 38 heavy (non-hydrogen) atoms. The third kappa shape index (κ3) is 4.35. The molecule has 1 aromatic rings. The summed E-state index contributed by atoms with van der Waals surface area (Å²) in [5.41, 5.74) is -0.686. The summed E-state index contributed by atoms with van der Waals surface area (Å²) in [7, 11) is 0. The van der Waals surface area contributed by atoms with E-state index in [2.05, 4.69) is 17.6 Å². The van der Waals surface area contributed by atoms with Crippen molar-refractivity contribution < 1.29 is 19.1 Å². The summed E-state index contributed by atoms with van der Waals surface area (Å²) >= 11 is 12.3.